The second kappa shape index (κ2) is 19.5. The van der Waals surface area contributed by atoms with Crippen molar-refractivity contribution in [1.82, 2.24) is 31.5 Å². The van der Waals surface area contributed by atoms with Crippen LogP contribution in [0.15, 0.2) is 53.1 Å². The zero-order chi connectivity index (χ0) is 33.3. The number of nitrogens with one attached hydrogen (secondary N) is 5. The van der Waals surface area contributed by atoms with E-state index >= 15 is 0 Å². The van der Waals surface area contributed by atoms with Crippen molar-refractivity contribution in [3.63, 3.8) is 0 Å². The molecular weight excluding hydrogens is 600 g/mol. The number of hydrogen-bond acceptors (Lipinski definition) is 7. The van der Waals surface area contributed by atoms with E-state index in [2.05, 4.69) is 31.5 Å². The van der Waals surface area contributed by atoms with Crippen LogP contribution in [0.3, 0.4) is 0 Å². The summed E-state index contributed by atoms with van der Waals surface area (Å²) >= 11 is 0. The van der Waals surface area contributed by atoms with Crippen LogP contribution in [-0.4, -0.2) is 79.2 Å². The molecular formula is C35H50N6O6. The molecule has 1 aliphatic heterocycles. The van der Waals surface area contributed by atoms with Gasteiger partial charge >= 0.3 is 0 Å². The predicted molar refractivity (Wildman–Crippen MR) is 177 cm³/mol. The van der Waals surface area contributed by atoms with E-state index in [1.807, 2.05) is 30.3 Å². The number of hydrogen-bond donors (Lipinski definition) is 5. The Balaban J connectivity index is 1.24. The molecule has 1 unspecified atom stereocenters. The van der Waals surface area contributed by atoms with Crippen LogP contribution in [0.5, 0.6) is 0 Å². The Hall–Kier alpha value is -4.19. The third-order valence-electron chi connectivity index (χ3n) is 8.91. The first-order chi connectivity index (χ1) is 22.9. The fraction of sp³-hybridized carbons (Fsp3) is 0.571. The molecule has 1 saturated heterocycles. The van der Waals surface area contributed by atoms with Crippen molar-refractivity contribution in [3.8, 4) is 0 Å². The van der Waals surface area contributed by atoms with E-state index in [1.165, 1.54) is 31.6 Å². The van der Waals surface area contributed by atoms with Crippen LogP contribution in [0.2, 0.25) is 0 Å². The number of carbonyl (C=O) groups is 5. The number of nitrogens with zero attached hydrogens (tertiary/aromatic N) is 1. The first kappa shape index (κ1) is 35.7. The topological polar surface area (TPSA) is 162 Å². The Kier molecular flexibility index (Phi) is 14.8. The number of rotatable bonds is 17. The molecule has 2 fully saturated rings. The van der Waals surface area contributed by atoms with E-state index in [4.69, 9.17) is 4.42 Å². The Morgan fingerprint density at radius 1 is 0.745 bits per heavy atom. The first-order valence-corrected chi connectivity index (χ1v) is 17.1. The Morgan fingerprint density at radius 2 is 1.45 bits per heavy atom. The highest BCUT2D eigenvalue weighted by atomic mass is 16.3. The number of carbonyl (C=O) groups excluding carboxylic acids is 5. The summed E-state index contributed by atoms with van der Waals surface area (Å²) in [5, 5.41) is 13.6. The lowest BCUT2D eigenvalue weighted by atomic mass is 9.84. The second-order valence-corrected chi connectivity index (χ2v) is 12.6. The molecule has 2 heterocycles. The van der Waals surface area contributed by atoms with Crippen molar-refractivity contribution in [1.29, 1.82) is 0 Å². The van der Waals surface area contributed by atoms with Gasteiger partial charge in [-0.25, -0.2) is 0 Å². The van der Waals surface area contributed by atoms with Gasteiger partial charge in [-0.2, -0.15) is 0 Å². The maximum absolute atomic E-state index is 13.1. The van der Waals surface area contributed by atoms with Gasteiger partial charge in [-0.05, 0) is 75.4 Å². The molecule has 47 heavy (non-hydrogen) atoms. The molecule has 4 rings (SSSR count). The zero-order valence-electron chi connectivity index (χ0n) is 27.3. The summed E-state index contributed by atoms with van der Waals surface area (Å²) in [6, 6.07) is 11.1. The van der Waals surface area contributed by atoms with Gasteiger partial charge in [-0.3, -0.25) is 24.0 Å². The number of likely N-dealkylation sites (tertiary alicyclic amines) is 1. The third-order valence-corrected chi connectivity index (χ3v) is 8.91. The quantitative estimate of drug-likeness (QED) is 0.176. The van der Waals surface area contributed by atoms with E-state index in [-0.39, 0.29) is 24.8 Å². The lowest BCUT2D eigenvalue weighted by Crippen LogP contribution is -2.51. The van der Waals surface area contributed by atoms with Crippen molar-refractivity contribution in [2.24, 2.45) is 5.92 Å². The van der Waals surface area contributed by atoms with Gasteiger partial charge in [0.15, 0.2) is 5.76 Å². The fourth-order valence-electron chi connectivity index (χ4n) is 6.28. The summed E-state index contributed by atoms with van der Waals surface area (Å²) in [7, 11) is 0. The summed E-state index contributed by atoms with van der Waals surface area (Å²) in [4.78, 5) is 66.7. The van der Waals surface area contributed by atoms with Crippen LogP contribution in [0.1, 0.15) is 86.7 Å². The molecule has 2 aliphatic rings. The van der Waals surface area contributed by atoms with Crippen molar-refractivity contribution in [2.75, 3.05) is 32.7 Å². The highest BCUT2D eigenvalue weighted by Crippen LogP contribution is 2.27. The Labute approximate surface area is 277 Å². The van der Waals surface area contributed by atoms with Gasteiger partial charge in [0.1, 0.15) is 12.1 Å². The summed E-state index contributed by atoms with van der Waals surface area (Å²) in [5.74, 6) is -1.90. The van der Waals surface area contributed by atoms with Crippen LogP contribution in [0.25, 0.3) is 0 Å². The molecule has 256 valence electrons. The highest BCUT2D eigenvalue weighted by Gasteiger charge is 2.27. The molecule has 1 aliphatic carbocycles. The van der Waals surface area contributed by atoms with Gasteiger partial charge in [-0.15, -0.1) is 0 Å². The van der Waals surface area contributed by atoms with E-state index < -0.39 is 35.7 Å². The summed E-state index contributed by atoms with van der Waals surface area (Å²) in [6.45, 7) is 2.61. The molecule has 5 N–H and O–H groups in total. The van der Waals surface area contributed by atoms with Gasteiger partial charge in [0, 0.05) is 6.54 Å². The second-order valence-electron chi connectivity index (χ2n) is 12.6. The van der Waals surface area contributed by atoms with Gasteiger partial charge in [0.05, 0.1) is 19.4 Å². The number of piperidine rings is 1. The molecule has 12 nitrogen and oxygen atoms in total. The van der Waals surface area contributed by atoms with Crippen molar-refractivity contribution >= 4 is 29.5 Å². The molecule has 1 aromatic carbocycles. The lowest BCUT2D eigenvalue weighted by Gasteiger charge is -2.27. The van der Waals surface area contributed by atoms with E-state index in [0.29, 0.717) is 25.3 Å². The van der Waals surface area contributed by atoms with Crippen LogP contribution in [-0.2, 0) is 25.7 Å². The van der Waals surface area contributed by atoms with Crippen LogP contribution in [0.4, 0.5) is 0 Å². The van der Waals surface area contributed by atoms with E-state index in [9.17, 15) is 24.0 Å². The SMILES string of the molecule is O=C(CNC(=O)[C@H](CC1CCCCC1)NC(=O)c1ccco1)NCC(=O)NC(CCCN1CCCCC1)C(=O)NCc1ccccc1. The number of benzene rings is 1. The van der Waals surface area contributed by atoms with Crippen molar-refractivity contribution in [2.45, 2.75) is 89.3 Å². The van der Waals surface area contributed by atoms with Crippen molar-refractivity contribution < 1.29 is 28.4 Å². The van der Waals surface area contributed by atoms with Gasteiger partial charge in [0.2, 0.25) is 23.6 Å². The Morgan fingerprint density at radius 3 is 2.17 bits per heavy atom. The maximum Gasteiger partial charge on any atom is 0.287 e. The zero-order valence-corrected chi connectivity index (χ0v) is 27.3. The highest BCUT2D eigenvalue weighted by molar-refractivity contribution is 5.96. The molecule has 2 aromatic rings. The van der Waals surface area contributed by atoms with Gasteiger partial charge < -0.3 is 35.9 Å². The monoisotopic (exact) mass is 650 g/mol. The standard InChI is InChI=1S/C35H50N6O6/c42-31(24-38-34(45)29(22-26-12-4-1-5-13-26)40-35(46)30-17-11-21-47-30)36-25-32(43)39-28(16-10-20-41-18-8-3-9-19-41)33(44)37-23-27-14-6-2-7-15-27/h2,6-7,11,14-15,17,21,26,28-29H,1,3-5,8-10,12-13,16,18-20,22-25H2,(H,36,42)(H,37,44)(H,38,45)(H,39,43)(H,40,46)/t28?,29-/m0/s1. The summed E-state index contributed by atoms with van der Waals surface area (Å²) in [5.41, 5.74) is 0.954. The van der Waals surface area contributed by atoms with Crippen LogP contribution < -0.4 is 26.6 Å². The Bertz CT molecular complexity index is 1270. The smallest absolute Gasteiger partial charge is 0.287 e. The molecule has 0 radical (unpaired) electrons. The number of furan rings is 1. The first-order valence-electron chi connectivity index (χ1n) is 17.1. The van der Waals surface area contributed by atoms with Crippen LogP contribution >= 0.6 is 0 Å². The fourth-order valence-corrected chi connectivity index (χ4v) is 6.28. The summed E-state index contributed by atoms with van der Waals surface area (Å²) in [6.07, 6.45) is 12.0. The molecule has 0 bridgehead atoms. The average Bonchev–Trinajstić information content (AvgIpc) is 3.65. The minimum absolute atomic E-state index is 0.105. The molecule has 5 amide bonds. The minimum Gasteiger partial charge on any atom is -0.459 e. The third kappa shape index (κ3) is 12.8. The summed E-state index contributed by atoms with van der Waals surface area (Å²) < 4.78 is 5.17. The minimum atomic E-state index is -0.827. The number of amides is 5. The largest absolute Gasteiger partial charge is 0.459 e. The molecule has 1 aromatic heterocycles. The van der Waals surface area contributed by atoms with E-state index in [0.717, 1.165) is 63.7 Å². The molecule has 1 saturated carbocycles. The normalized spacial score (nSPS) is 16.8. The predicted octanol–water partition coefficient (Wildman–Crippen LogP) is 2.65. The van der Waals surface area contributed by atoms with Gasteiger partial charge in [-0.1, -0.05) is 68.9 Å². The molecule has 12 heteroatoms. The lowest BCUT2D eigenvalue weighted by molar-refractivity contribution is -0.130. The maximum atomic E-state index is 13.1. The molecule has 2 atom stereocenters. The average molecular weight is 651 g/mol. The van der Waals surface area contributed by atoms with Gasteiger partial charge in [0.25, 0.3) is 5.91 Å². The van der Waals surface area contributed by atoms with Crippen molar-refractivity contribution in [3.05, 3.63) is 60.1 Å². The van der Waals surface area contributed by atoms with E-state index in [1.54, 1.807) is 6.07 Å². The van der Waals surface area contributed by atoms with Crippen LogP contribution in [0, 0.1) is 5.92 Å². The molecule has 0 spiro atoms.